The molecular formula is C16H28N2. The van der Waals surface area contributed by atoms with Crippen molar-refractivity contribution in [2.24, 2.45) is 5.92 Å². The van der Waals surface area contributed by atoms with E-state index in [1.807, 2.05) is 0 Å². The smallest absolute Gasteiger partial charge is 0.0329 e. The van der Waals surface area contributed by atoms with E-state index in [-0.39, 0.29) is 0 Å². The summed E-state index contributed by atoms with van der Waals surface area (Å²) in [6.07, 6.45) is 2.31. The highest BCUT2D eigenvalue weighted by atomic mass is 15.1. The average Bonchev–Trinajstić information content (AvgIpc) is 2.29. The van der Waals surface area contributed by atoms with Crippen LogP contribution in [0.3, 0.4) is 0 Å². The minimum absolute atomic E-state index is 0.458. The van der Waals surface area contributed by atoms with Crippen LogP contribution < -0.4 is 5.32 Å². The van der Waals surface area contributed by atoms with E-state index < -0.39 is 0 Å². The minimum atomic E-state index is 0.458. The standard InChI is InChI=1S/C16H28N2/c1-13(2)11-14-7-6-8-15(12-14)16(17-3)9-10-18(4)5/h6-8,12-13,16-17H,9-11H2,1-5H3. The molecule has 1 unspecified atom stereocenters. The maximum atomic E-state index is 3.43. The molecule has 1 N–H and O–H groups in total. The van der Waals surface area contributed by atoms with Gasteiger partial charge >= 0.3 is 0 Å². The summed E-state index contributed by atoms with van der Waals surface area (Å²) in [7, 11) is 6.30. The molecule has 1 aromatic carbocycles. The van der Waals surface area contributed by atoms with Gasteiger partial charge < -0.3 is 10.2 Å². The predicted octanol–water partition coefficient (Wildman–Crippen LogP) is 3.10. The fourth-order valence-electron chi connectivity index (χ4n) is 2.27. The van der Waals surface area contributed by atoms with Crippen LogP contribution in [0.4, 0.5) is 0 Å². The molecular weight excluding hydrogens is 220 g/mol. The molecule has 0 saturated heterocycles. The van der Waals surface area contributed by atoms with Gasteiger partial charge in [0.15, 0.2) is 0 Å². The summed E-state index contributed by atoms with van der Waals surface area (Å²) in [4.78, 5) is 2.24. The maximum Gasteiger partial charge on any atom is 0.0329 e. The van der Waals surface area contributed by atoms with Crippen molar-refractivity contribution in [1.29, 1.82) is 0 Å². The number of nitrogens with one attached hydrogen (secondary N) is 1. The summed E-state index contributed by atoms with van der Waals surface area (Å²) in [6, 6.07) is 9.48. The summed E-state index contributed by atoms with van der Waals surface area (Å²) in [5.41, 5.74) is 2.87. The molecule has 0 aliphatic heterocycles. The lowest BCUT2D eigenvalue weighted by Gasteiger charge is -2.20. The largest absolute Gasteiger partial charge is 0.313 e. The topological polar surface area (TPSA) is 15.3 Å². The first-order valence-corrected chi connectivity index (χ1v) is 6.93. The SMILES string of the molecule is CNC(CCN(C)C)c1cccc(CC(C)C)c1. The van der Waals surface area contributed by atoms with Crippen molar-refractivity contribution in [3.8, 4) is 0 Å². The van der Waals surface area contributed by atoms with Crippen molar-refractivity contribution in [3.63, 3.8) is 0 Å². The van der Waals surface area contributed by atoms with Crippen molar-refractivity contribution in [2.75, 3.05) is 27.7 Å². The third kappa shape index (κ3) is 5.19. The van der Waals surface area contributed by atoms with Gasteiger partial charge in [-0.25, -0.2) is 0 Å². The lowest BCUT2D eigenvalue weighted by molar-refractivity contribution is 0.368. The van der Waals surface area contributed by atoms with E-state index in [4.69, 9.17) is 0 Å². The average molecular weight is 248 g/mol. The molecule has 0 aliphatic carbocycles. The van der Waals surface area contributed by atoms with Crippen LogP contribution in [0.1, 0.15) is 37.4 Å². The second-order valence-corrected chi connectivity index (χ2v) is 5.78. The third-order valence-corrected chi connectivity index (χ3v) is 3.21. The van der Waals surface area contributed by atoms with Gasteiger partial charge in [-0.2, -0.15) is 0 Å². The van der Waals surface area contributed by atoms with Crippen LogP contribution in [0.25, 0.3) is 0 Å². The first-order valence-electron chi connectivity index (χ1n) is 6.93. The van der Waals surface area contributed by atoms with E-state index in [0.29, 0.717) is 6.04 Å². The van der Waals surface area contributed by atoms with Crippen LogP contribution in [-0.2, 0) is 6.42 Å². The van der Waals surface area contributed by atoms with Gasteiger partial charge in [-0.1, -0.05) is 38.1 Å². The van der Waals surface area contributed by atoms with Crippen molar-refractivity contribution >= 4 is 0 Å². The Morgan fingerprint density at radius 1 is 1.22 bits per heavy atom. The number of nitrogens with zero attached hydrogens (tertiary/aromatic N) is 1. The monoisotopic (exact) mass is 248 g/mol. The van der Waals surface area contributed by atoms with E-state index >= 15 is 0 Å². The highest BCUT2D eigenvalue weighted by Gasteiger charge is 2.10. The van der Waals surface area contributed by atoms with E-state index in [1.165, 1.54) is 11.1 Å². The molecule has 0 radical (unpaired) electrons. The van der Waals surface area contributed by atoms with Crippen LogP contribution in [-0.4, -0.2) is 32.6 Å². The fourth-order valence-corrected chi connectivity index (χ4v) is 2.27. The van der Waals surface area contributed by atoms with Gasteiger partial charge in [-0.05, 0) is 57.6 Å². The van der Waals surface area contributed by atoms with Crippen molar-refractivity contribution < 1.29 is 0 Å². The van der Waals surface area contributed by atoms with Gasteiger partial charge in [0, 0.05) is 6.04 Å². The molecule has 1 rings (SSSR count). The first kappa shape index (κ1) is 15.2. The molecule has 0 aromatic heterocycles. The number of hydrogen-bond acceptors (Lipinski definition) is 2. The predicted molar refractivity (Wildman–Crippen MR) is 80.0 cm³/mol. The molecule has 0 fully saturated rings. The van der Waals surface area contributed by atoms with Crippen molar-refractivity contribution in [1.82, 2.24) is 10.2 Å². The normalized spacial score (nSPS) is 13.3. The van der Waals surface area contributed by atoms with Gasteiger partial charge in [0.2, 0.25) is 0 Å². The van der Waals surface area contributed by atoms with Gasteiger partial charge in [0.25, 0.3) is 0 Å². The highest BCUT2D eigenvalue weighted by Crippen LogP contribution is 2.19. The summed E-state index contributed by atoms with van der Waals surface area (Å²) in [5.74, 6) is 0.718. The van der Waals surface area contributed by atoms with Crippen molar-refractivity contribution in [2.45, 2.75) is 32.7 Å². The zero-order valence-electron chi connectivity index (χ0n) is 12.5. The molecule has 1 aromatic rings. The lowest BCUT2D eigenvalue weighted by atomic mass is 9.97. The van der Waals surface area contributed by atoms with Gasteiger partial charge in [0.1, 0.15) is 0 Å². The number of hydrogen-bond donors (Lipinski definition) is 1. The van der Waals surface area contributed by atoms with Gasteiger partial charge in [-0.15, -0.1) is 0 Å². The zero-order valence-corrected chi connectivity index (χ0v) is 12.5. The Kier molecular flexibility index (Phi) is 6.37. The van der Waals surface area contributed by atoms with Crippen molar-refractivity contribution in [3.05, 3.63) is 35.4 Å². The maximum absolute atomic E-state index is 3.43. The van der Waals surface area contributed by atoms with E-state index in [2.05, 4.69) is 69.5 Å². The summed E-state index contributed by atoms with van der Waals surface area (Å²) >= 11 is 0. The fraction of sp³-hybridized carbons (Fsp3) is 0.625. The van der Waals surface area contributed by atoms with Gasteiger partial charge in [-0.3, -0.25) is 0 Å². The number of rotatable bonds is 7. The molecule has 2 nitrogen and oxygen atoms in total. The third-order valence-electron chi connectivity index (χ3n) is 3.21. The van der Waals surface area contributed by atoms with E-state index in [0.717, 1.165) is 25.3 Å². The summed E-state index contributed by atoms with van der Waals surface area (Å²) < 4.78 is 0. The summed E-state index contributed by atoms with van der Waals surface area (Å²) in [6.45, 7) is 5.66. The molecule has 0 heterocycles. The molecule has 0 aliphatic rings. The minimum Gasteiger partial charge on any atom is -0.313 e. The molecule has 0 saturated carbocycles. The molecule has 102 valence electrons. The van der Waals surface area contributed by atoms with Gasteiger partial charge in [0.05, 0.1) is 0 Å². The van der Waals surface area contributed by atoms with Crippen LogP contribution in [0, 0.1) is 5.92 Å². The Hall–Kier alpha value is -0.860. The second-order valence-electron chi connectivity index (χ2n) is 5.78. The molecule has 2 heteroatoms. The molecule has 18 heavy (non-hydrogen) atoms. The Morgan fingerprint density at radius 3 is 2.50 bits per heavy atom. The van der Waals surface area contributed by atoms with Crippen LogP contribution in [0.15, 0.2) is 24.3 Å². The summed E-state index contributed by atoms with van der Waals surface area (Å²) in [5, 5.41) is 3.43. The van der Waals surface area contributed by atoms with Crippen LogP contribution in [0.2, 0.25) is 0 Å². The Labute approximate surface area is 112 Å². The number of benzene rings is 1. The Bertz CT molecular complexity index is 345. The van der Waals surface area contributed by atoms with Crippen LogP contribution in [0.5, 0.6) is 0 Å². The van der Waals surface area contributed by atoms with E-state index in [9.17, 15) is 0 Å². The van der Waals surface area contributed by atoms with Crippen LogP contribution >= 0.6 is 0 Å². The molecule has 0 amide bonds. The first-order chi connectivity index (χ1) is 8.52. The molecule has 0 spiro atoms. The quantitative estimate of drug-likeness (QED) is 0.797. The zero-order chi connectivity index (χ0) is 13.5. The Balaban J connectivity index is 2.72. The Morgan fingerprint density at radius 2 is 1.94 bits per heavy atom. The second kappa shape index (κ2) is 7.55. The molecule has 1 atom stereocenters. The van der Waals surface area contributed by atoms with E-state index in [1.54, 1.807) is 0 Å². The lowest BCUT2D eigenvalue weighted by Crippen LogP contribution is -2.23. The molecule has 0 bridgehead atoms. The highest BCUT2D eigenvalue weighted by molar-refractivity contribution is 5.26.